The van der Waals surface area contributed by atoms with Gasteiger partial charge in [0.15, 0.2) is 0 Å². The predicted octanol–water partition coefficient (Wildman–Crippen LogP) is 1.78. The number of aliphatic hydroxyl groups is 1. The number of β-amino-alcohol motifs (C(OH)–C–C–N with tert-alkyl or cyclic N) is 1. The number of halogens is 3. The third-order valence-corrected chi connectivity index (χ3v) is 4.99. The number of urea groups is 1. The minimum absolute atomic E-state index is 0.116. The number of likely N-dealkylation sites (tertiary alicyclic amines) is 1. The molecule has 0 bridgehead atoms. The van der Waals surface area contributed by atoms with Crippen LogP contribution in [0, 0.1) is 5.41 Å². The molecule has 132 valence electrons. The fraction of sp³-hybridized carbons (Fsp3) is 0.600. The Hall–Kier alpha value is -2.03. The summed E-state index contributed by atoms with van der Waals surface area (Å²) in [5, 5.41) is 12.4. The van der Waals surface area contributed by atoms with Gasteiger partial charge in [-0.2, -0.15) is 13.2 Å². The van der Waals surface area contributed by atoms with E-state index >= 15 is 0 Å². The Bertz CT molecular complexity index is 725. The molecule has 2 N–H and O–H groups in total. The molecule has 2 heterocycles. The summed E-state index contributed by atoms with van der Waals surface area (Å²) < 4.78 is 39.3. The molecule has 0 radical (unpaired) electrons. The number of nitrogens with zero attached hydrogens (tertiary/aromatic N) is 2. The number of alkyl halides is 3. The molecule has 2 fully saturated rings. The lowest BCUT2D eigenvalue weighted by Crippen LogP contribution is -2.41. The van der Waals surface area contributed by atoms with Gasteiger partial charge in [0.1, 0.15) is 5.69 Å². The lowest BCUT2D eigenvalue weighted by molar-refractivity contribution is -0.138. The number of aliphatic hydroxyl groups excluding tert-OH is 1. The van der Waals surface area contributed by atoms with Crippen LogP contribution in [0.2, 0.25) is 0 Å². The number of nitrogens with one attached hydrogen (secondary N) is 1. The smallest absolute Gasteiger partial charge is 0.391 e. The van der Waals surface area contributed by atoms with Crippen LogP contribution >= 0.6 is 0 Å². The van der Waals surface area contributed by atoms with E-state index in [0.29, 0.717) is 18.8 Å². The van der Waals surface area contributed by atoms with Gasteiger partial charge in [-0.25, -0.2) is 4.79 Å². The lowest BCUT2D eigenvalue weighted by Gasteiger charge is -2.40. The minimum atomic E-state index is -4.62. The molecule has 1 saturated heterocycles. The highest BCUT2D eigenvalue weighted by molar-refractivity contribution is 5.89. The van der Waals surface area contributed by atoms with E-state index in [1.165, 1.54) is 11.9 Å². The Morgan fingerprint density at radius 1 is 1.42 bits per heavy atom. The Morgan fingerprint density at radius 2 is 2.08 bits per heavy atom. The number of pyridine rings is 1. The van der Waals surface area contributed by atoms with E-state index in [4.69, 9.17) is 0 Å². The number of carbonyl (C=O) groups excluding carboxylic acids is 1. The second-order valence-electron chi connectivity index (χ2n) is 6.60. The molecule has 1 saturated carbocycles. The highest BCUT2D eigenvalue weighted by Crippen LogP contribution is 2.48. The van der Waals surface area contributed by atoms with Crippen LogP contribution in [0.25, 0.3) is 0 Å². The average Bonchev–Trinajstić information content (AvgIpc) is 2.80. The molecule has 1 aromatic heterocycles. The van der Waals surface area contributed by atoms with Crippen molar-refractivity contribution in [3.05, 3.63) is 28.2 Å². The van der Waals surface area contributed by atoms with Crippen LogP contribution in [-0.4, -0.2) is 39.8 Å². The third kappa shape index (κ3) is 2.77. The van der Waals surface area contributed by atoms with E-state index in [2.05, 4.69) is 5.32 Å². The number of aryl methyl sites for hydroxylation is 1. The van der Waals surface area contributed by atoms with Gasteiger partial charge < -0.3 is 19.9 Å². The zero-order valence-electron chi connectivity index (χ0n) is 13.1. The molecule has 24 heavy (non-hydrogen) atoms. The molecule has 1 atom stereocenters. The summed E-state index contributed by atoms with van der Waals surface area (Å²) >= 11 is 0. The van der Waals surface area contributed by atoms with Gasteiger partial charge in [0.25, 0.3) is 5.56 Å². The maximum atomic E-state index is 12.9. The largest absolute Gasteiger partial charge is 0.417 e. The van der Waals surface area contributed by atoms with Gasteiger partial charge in [0.05, 0.1) is 11.7 Å². The minimum Gasteiger partial charge on any atom is -0.391 e. The molecule has 6 nitrogen and oxygen atoms in total. The zero-order valence-corrected chi connectivity index (χ0v) is 13.1. The number of aromatic nitrogens is 1. The molecule has 1 unspecified atom stereocenters. The van der Waals surface area contributed by atoms with Crippen LogP contribution in [0.4, 0.5) is 23.7 Å². The van der Waals surface area contributed by atoms with Gasteiger partial charge in [-0.3, -0.25) is 4.79 Å². The van der Waals surface area contributed by atoms with E-state index in [0.717, 1.165) is 23.8 Å². The highest BCUT2D eigenvalue weighted by atomic mass is 19.4. The van der Waals surface area contributed by atoms with Crippen molar-refractivity contribution in [3.63, 3.8) is 0 Å². The van der Waals surface area contributed by atoms with E-state index in [-0.39, 0.29) is 12.0 Å². The van der Waals surface area contributed by atoms with Crippen LogP contribution in [0.15, 0.2) is 17.1 Å². The van der Waals surface area contributed by atoms with Gasteiger partial charge in [-0.15, -0.1) is 0 Å². The van der Waals surface area contributed by atoms with Crippen molar-refractivity contribution in [3.8, 4) is 0 Å². The maximum Gasteiger partial charge on any atom is 0.417 e. The SMILES string of the molecule is Cn1cc(C(F)(F)F)cc(NC(=O)N2CC(O)C3(CCC3)C2)c1=O. The molecule has 2 aliphatic rings. The van der Waals surface area contributed by atoms with Gasteiger partial charge >= 0.3 is 12.2 Å². The Balaban J connectivity index is 1.80. The van der Waals surface area contributed by atoms with Crippen molar-refractivity contribution < 1.29 is 23.1 Å². The summed E-state index contributed by atoms with van der Waals surface area (Å²) in [5.41, 5.74) is -2.47. The first-order chi connectivity index (χ1) is 11.1. The Morgan fingerprint density at radius 3 is 2.58 bits per heavy atom. The molecular weight excluding hydrogens is 327 g/mol. The van der Waals surface area contributed by atoms with Crippen LogP contribution in [-0.2, 0) is 13.2 Å². The van der Waals surface area contributed by atoms with Crippen molar-refractivity contribution in [2.45, 2.75) is 31.5 Å². The Labute approximate surface area is 135 Å². The van der Waals surface area contributed by atoms with Crippen LogP contribution < -0.4 is 10.9 Å². The predicted molar refractivity (Wildman–Crippen MR) is 79.6 cm³/mol. The van der Waals surface area contributed by atoms with E-state index < -0.39 is 35.1 Å². The topological polar surface area (TPSA) is 74.6 Å². The van der Waals surface area contributed by atoms with Crippen molar-refractivity contribution >= 4 is 11.7 Å². The number of anilines is 1. The first-order valence-electron chi connectivity index (χ1n) is 7.64. The van der Waals surface area contributed by atoms with Gasteiger partial charge in [-0.05, 0) is 18.9 Å². The molecule has 1 aromatic rings. The Kier molecular flexibility index (Phi) is 3.86. The second kappa shape index (κ2) is 5.51. The molecule has 0 aromatic carbocycles. The summed E-state index contributed by atoms with van der Waals surface area (Å²) in [6.45, 7) is 0.463. The molecule has 1 aliphatic heterocycles. The average molecular weight is 345 g/mol. The molecule has 1 spiro atoms. The van der Waals surface area contributed by atoms with Gasteiger partial charge in [0, 0.05) is 31.7 Å². The summed E-state index contributed by atoms with van der Waals surface area (Å²) in [6.07, 6.45) is -1.94. The molecule has 9 heteroatoms. The standard InChI is InChI=1S/C15H18F3N3O3/c1-20-6-9(15(16,17)18)5-10(12(20)23)19-13(24)21-7-11(22)14(8-21)3-2-4-14/h5-6,11,22H,2-4,7-8H2,1H3,(H,19,24). The molecular formula is C15H18F3N3O3. The summed E-state index contributed by atoms with van der Waals surface area (Å²) in [7, 11) is 1.19. The van der Waals surface area contributed by atoms with Crippen LogP contribution in [0.5, 0.6) is 0 Å². The van der Waals surface area contributed by atoms with E-state index in [1.807, 2.05) is 0 Å². The van der Waals surface area contributed by atoms with E-state index in [1.54, 1.807) is 0 Å². The fourth-order valence-electron chi connectivity index (χ4n) is 3.38. The number of amides is 2. The summed E-state index contributed by atoms with van der Waals surface area (Å²) in [6, 6.07) is -0.0412. The van der Waals surface area contributed by atoms with Gasteiger partial charge in [0.2, 0.25) is 0 Å². The summed E-state index contributed by atoms with van der Waals surface area (Å²) in [4.78, 5) is 25.6. The zero-order chi connectivity index (χ0) is 17.7. The maximum absolute atomic E-state index is 12.9. The van der Waals surface area contributed by atoms with Gasteiger partial charge in [-0.1, -0.05) is 6.42 Å². The van der Waals surface area contributed by atoms with Crippen LogP contribution in [0.1, 0.15) is 24.8 Å². The fourth-order valence-corrected chi connectivity index (χ4v) is 3.38. The van der Waals surface area contributed by atoms with E-state index in [9.17, 15) is 27.9 Å². The second-order valence-corrected chi connectivity index (χ2v) is 6.60. The quantitative estimate of drug-likeness (QED) is 0.815. The number of carbonyl (C=O) groups is 1. The lowest BCUT2D eigenvalue weighted by atomic mass is 9.67. The first kappa shape index (κ1) is 16.8. The third-order valence-electron chi connectivity index (χ3n) is 4.99. The molecule has 1 aliphatic carbocycles. The normalized spacial score (nSPS) is 22.5. The number of hydrogen-bond donors (Lipinski definition) is 2. The van der Waals surface area contributed by atoms with Crippen molar-refractivity contribution in [1.82, 2.24) is 9.47 Å². The van der Waals surface area contributed by atoms with Crippen molar-refractivity contribution in [2.75, 3.05) is 18.4 Å². The summed E-state index contributed by atoms with van der Waals surface area (Å²) in [5.74, 6) is 0. The number of rotatable bonds is 1. The highest BCUT2D eigenvalue weighted by Gasteiger charge is 2.51. The monoisotopic (exact) mass is 345 g/mol. The van der Waals surface area contributed by atoms with Crippen LogP contribution in [0.3, 0.4) is 0 Å². The van der Waals surface area contributed by atoms with Crippen molar-refractivity contribution in [2.24, 2.45) is 12.5 Å². The molecule has 2 amide bonds. The molecule has 3 rings (SSSR count). The number of hydrogen-bond acceptors (Lipinski definition) is 3. The van der Waals surface area contributed by atoms with Crippen molar-refractivity contribution in [1.29, 1.82) is 0 Å². The first-order valence-corrected chi connectivity index (χ1v) is 7.64.